The number of carbonyl (C=O) groups is 1. The predicted octanol–water partition coefficient (Wildman–Crippen LogP) is 3.98. The number of halogens is 1. The van der Waals surface area contributed by atoms with E-state index < -0.39 is 0 Å². The molecule has 0 unspecified atom stereocenters. The van der Waals surface area contributed by atoms with Gasteiger partial charge in [0.25, 0.3) is 0 Å². The molecule has 0 aliphatic rings. The lowest BCUT2D eigenvalue weighted by atomic mass is 10.0. The van der Waals surface area contributed by atoms with Gasteiger partial charge in [0, 0.05) is 29.7 Å². The summed E-state index contributed by atoms with van der Waals surface area (Å²) in [6, 6.07) is 12.2. The minimum Gasteiger partial charge on any atom is -0.299 e. The van der Waals surface area contributed by atoms with Crippen LogP contribution in [-0.2, 0) is 17.6 Å². The van der Waals surface area contributed by atoms with Gasteiger partial charge in [-0.15, -0.1) is 0 Å². The Bertz CT molecular complexity index is 539. The number of carbonyl (C=O) groups excluding carboxylic acids is 1. The standard InChI is InChI=1S/C16H16BrNO/c17-15-9-14(11-18-12-15)10-16(19)8-4-7-13-5-2-1-3-6-13/h1-3,5-6,9,11-12H,4,7-8,10H2. The Kier molecular flexibility index (Phi) is 5.28. The Balaban J connectivity index is 1.76. The van der Waals surface area contributed by atoms with Crippen LogP contribution in [0.4, 0.5) is 0 Å². The minimum atomic E-state index is 0.274. The van der Waals surface area contributed by atoms with Crippen LogP contribution in [0.25, 0.3) is 0 Å². The molecule has 0 bridgehead atoms. The maximum Gasteiger partial charge on any atom is 0.137 e. The number of benzene rings is 1. The fraction of sp³-hybridized carbons (Fsp3) is 0.250. The normalized spacial score (nSPS) is 10.4. The molecular weight excluding hydrogens is 302 g/mol. The Morgan fingerprint density at radius 2 is 1.89 bits per heavy atom. The van der Waals surface area contributed by atoms with E-state index in [1.165, 1.54) is 5.56 Å². The number of hydrogen-bond donors (Lipinski definition) is 0. The predicted molar refractivity (Wildman–Crippen MR) is 80.0 cm³/mol. The van der Waals surface area contributed by atoms with Crippen LogP contribution in [-0.4, -0.2) is 10.8 Å². The molecule has 1 aromatic carbocycles. The molecule has 0 spiro atoms. The van der Waals surface area contributed by atoms with Gasteiger partial charge in [0.2, 0.25) is 0 Å². The second-order valence-corrected chi connectivity index (χ2v) is 5.48. The number of nitrogens with zero attached hydrogens (tertiary/aromatic N) is 1. The van der Waals surface area contributed by atoms with E-state index >= 15 is 0 Å². The van der Waals surface area contributed by atoms with E-state index in [0.29, 0.717) is 12.8 Å². The zero-order valence-electron chi connectivity index (χ0n) is 10.7. The zero-order chi connectivity index (χ0) is 13.5. The van der Waals surface area contributed by atoms with Crippen LogP contribution in [0.15, 0.2) is 53.3 Å². The van der Waals surface area contributed by atoms with Crippen molar-refractivity contribution in [1.29, 1.82) is 0 Å². The van der Waals surface area contributed by atoms with Gasteiger partial charge in [0.15, 0.2) is 0 Å². The molecule has 0 saturated heterocycles. The molecule has 98 valence electrons. The summed E-state index contributed by atoms with van der Waals surface area (Å²) in [6.45, 7) is 0. The fourth-order valence-corrected chi connectivity index (χ4v) is 2.42. The highest BCUT2D eigenvalue weighted by Gasteiger charge is 2.05. The fourth-order valence-electron chi connectivity index (χ4n) is 2.00. The molecule has 2 nitrogen and oxygen atoms in total. The first-order chi connectivity index (χ1) is 9.24. The van der Waals surface area contributed by atoms with Gasteiger partial charge in [-0.2, -0.15) is 0 Å². The van der Waals surface area contributed by atoms with Crippen LogP contribution < -0.4 is 0 Å². The number of aryl methyl sites for hydroxylation is 1. The molecule has 0 aliphatic carbocycles. The lowest BCUT2D eigenvalue weighted by Gasteiger charge is -2.02. The van der Waals surface area contributed by atoms with Gasteiger partial charge >= 0.3 is 0 Å². The number of aromatic nitrogens is 1. The first-order valence-electron chi connectivity index (χ1n) is 6.39. The highest BCUT2D eigenvalue weighted by Crippen LogP contribution is 2.12. The van der Waals surface area contributed by atoms with Gasteiger partial charge in [0.05, 0.1) is 0 Å². The summed E-state index contributed by atoms with van der Waals surface area (Å²) in [4.78, 5) is 15.9. The lowest BCUT2D eigenvalue weighted by Crippen LogP contribution is -2.03. The molecule has 0 atom stereocenters. The first-order valence-corrected chi connectivity index (χ1v) is 7.18. The van der Waals surface area contributed by atoms with Crippen molar-refractivity contribution in [2.45, 2.75) is 25.7 Å². The number of hydrogen-bond acceptors (Lipinski definition) is 2. The highest BCUT2D eigenvalue weighted by atomic mass is 79.9. The molecule has 0 saturated carbocycles. The maximum atomic E-state index is 11.9. The third kappa shape index (κ3) is 4.95. The summed E-state index contributed by atoms with van der Waals surface area (Å²) in [5.74, 6) is 0.274. The molecule has 19 heavy (non-hydrogen) atoms. The number of Topliss-reactive ketones (excluding diaryl/α,β-unsaturated/α-hetero) is 1. The second kappa shape index (κ2) is 7.19. The average Bonchev–Trinajstić information content (AvgIpc) is 2.40. The van der Waals surface area contributed by atoms with Crippen LogP contribution in [0, 0.1) is 0 Å². The lowest BCUT2D eigenvalue weighted by molar-refractivity contribution is -0.118. The van der Waals surface area contributed by atoms with Crippen molar-refractivity contribution in [3.05, 3.63) is 64.4 Å². The summed E-state index contributed by atoms with van der Waals surface area (Å²) >= 11 is 3.36. The highest BCUT2D eigenvalue weighted by molar-refractivity contribution is 9.10. The Hall–Kier alpha value is -1.48. The maximum absolute atomic E-state index is 11.9. The van der Waals surface area contributed by atoms with Gasteiger partial charge in [-0.1, -0.05) is 30.3 Å². The van der Waals surface area contributed by atoms with Crippen LogP contribution in [0.5, 0.6) is 0 Å². The third-order valence-electron chi connectivity index (χ3n) is 2.93. The van der Waals surface area contributed by atoms with Crippen LogP contribution in [0.2, 0.25) is 0 Å². The largest absolute Gasteiger partial charge is 0.299 e. The monoisotopic (exact) mass is 317 g/mol. The van der Waals surface area contributed by atoms with Crippen LogP contribution >= 0.6 is 15.9 Å². The SMILES string of the molecule is O=C(CCCc1ccccc1)Cc1cncc(Br)c1. The van der Waals surface area contributed by atoms with Crippen molar-refractivity contribution in [2.24, 2.45) is 0 Å². The van der Waals surface area contributed by atoms with Gasteiger partial charge in [-0.05, 0) is 46.0 Å². The summed E-state index contributed by atoms with van der Waals surface area (Å²) in [5.41, 5.74) is 2.26. The molecule has 2 rings (SSSR count). The molecule has 0 amide bonds. The van der Waals surface area contributed by atoms with Crippen LogP contribution in [0.1, 0.15) is 24.0 Å². The van der Waals surface area contributed by atoms with Crippen molar-refractivity contribution >= 4 is 21.7 Å². The van der Waals surface area contributed by atoms with Gasteiger partial charge in [0.1, 0.15) is 5.78 Å². The minimum absolute atomic E-state index is 0.274. The van der Waals surface area contributed by atoms with E-state index in [1.807, 2.05) is 24.3 Å². The smallest absolute Gasteiger partial charge is 0.137 e. The van der Waals surface area contributed by atoms with E-state index in [9.17, 15) is 4.79 Å². The summed E-state index contributed by atoms with van der Waals surface area (Å²) in [6.07, 6.45) is 6.44. The molecule has 0 aliphatic heterocycles. The van der Waals surface area contributed by atoms with E-state index in [2.05, 4.69) is 33.0 Å². The first kappa shape index (κ1) is 13.9. The molecular formula is C16H16BrNO. The van der Waals surface area contributed by atoms with Crippen molar-refractivity contribution in [2.75, 3.05) is 0 Å². The van der Waals surface area contributed by atoms with E-state index in [1.54, 1.807) is 12.4 Å². The quantitative estimate of drug-likeness (QED) is 0.806. The molecule has 2 aromatic rings. The Labute approximate surface area is 122 Å². The molecule has 0 radical (unpaired) electrons. The van der Waals surface area contributed by atoms with Crippen LogP contribution in [0.3, 0.4) is 0 Å². The summed E-state index contributed by atoms with van der Waals surface area (Å²) in [7, 11) is 0. The molecule has 3 heteroatoms. The molecule has 0 fully saturated rings. The average molecular weight is 318 g/mol. The summed E-state index contributed by atoms with van der Waals surface area (Å²) in [5, 5.41) is 0. The zero-order valence-corrected chi connectivity index (χ0v) is 12.3. The van der Waals surface area contributed by atoms with Crippen molar-refractivity contribution < 1.29 is 4.79 Å². The van der Waals surface area contributed by atoms with E-state index in [-0.39, 0.29) is 5.78 Å². The number of rotatable bonds is 6. The number of ketones is 1. The molecule has 0 N–H and O–H groups in total. The number of pyridine rings is 1. The van der Waals surface area contributed by atoms with Crippen molar-refractivity contribution in [1.82, 2.24) is 4.98 Å². The van der Waals surface area contributed by atoms with E-state index in [4.69, 9.17) is 0 Å². The van der Waals surface area contributed by atoms with Gasteiger partial charge < -0.3 is 0 Å². The Morgan fingerprint density at radius 1 is 1.11 bits per heavy atom. The van der Waals surface area contributed by atoms with Crippen molar-refractivity contribution in [3.8, 4) is 0 Å². The summed E-state index contributed by atoms with van der Waals surface area (Å²) < 4.78 is 0.919. The molecule has 1 aromatic heterocycles. The Morgan fingerprint density at radius 3 is 2.63 bits per heavy atom. The molecule has 1 heterocycles. The van der Waals surface area contributed by atoms with Gasteiger partial charge in [-0.3, -0.25) is 9.78 Å². The topological polar surface area (TPSA) is 30.0 Å². The van der Waals surface area contributed by atoms with E-state index in [0.717, 1.165) is 22.9 Å². The van der Waals surface area contributed by atoms with Gasteiger partial charge in [-0.25, -0.2) is 0 Å². The second-order valence-electron chi connectivity index (χ2n) is 4.57. The third-order valence-corrected chi connectivity index (χ3v) is 3.36. The van der Waals surface area contributed by atoms with Crippen molar-refractivity contribution in [3.63, 3.8) is 0 Å².